The molecule has 2 heterocycles. The van der Waals surface area contributed by atoms with Gasteiger partial charge in [-0.1, -0.05) is 41.9 Å². The molecule has 4 nitrogen and oxygen atoms in total. The first kappa shape index (κ1) is 14.3. The van der Waals surface area contributed by atoms with Crippen LogP contribution in [0, 0.1) is 6.92 Å². The number of rotatable bonds is 4. The lowest BCUT2D eigenvalue weighted by atomic mass is 9.76. The molecule has 1 aromatic carbocycles. The van der Waals surface area contributed by atoms with Crippen LogP contribution in [0.5, 0.6) is 0 Å². The highest BCUT2D eigenvalue weighted by atomic mass is 16.5. The Bertz CT molecular complexity index is 582. The number of hydrogen-bond acceptors (Lipinski definition) is 4. The molecule has 0 unspecified atom stereocenters. The fourth-order valence-electron chi connectivity index (χ4n) is 3.05. The van der Waals surface area contributed by atoms with E-state index >= 15 is 0 Å². The number of aryl methyl sites for hydroxylation is 1. The number of nitrogens with zero attached hydrogens (tertiary/aromatic N) is 2. The summed E-state index contributed by atoms with van der Waals surface area (Å²) < 4.78 is 5.61. The first-order chi connectivity index (χ1) is 10.2. The Kier molecular flexibility index (Phi) is 4.06. The third-order valence-corrected chi connectivity index (χ3v) is 4.64. The molecular weight excluding hydrogens is 262 g/mol. The molecule has 1 aromatic heterocycles. The minimum atomic E-state index is 0.0732. The van der Waals surface area contributed by atoms with E-state index in [2.05, 4.69) is 53.6 Å². The molecule has 1 aliphatic rings. The quantitative estimate of drug-likeness (QED) is 0.938. The summed E-state index contributed by atoms with van der Waals surface area (Å²) in [5, 5.41) is 7.60. The molecule has 0 bridgehead atoms. The molecule has 0 aliphatic carbocycles. The molecule has 2 aromatic rings. The number of piperidine rings is 1. The van der Waals surface area contributed by atoms with Gasteiger partial charge in [0.25, 0.3) is 0 Å². The maximum Gasteiger partial charge on any atom is 0.232 e. The van der Waals surface area contributed by atoms with Crippen LogP contribution in [0.25, 0.3) is 0 Å². The molecule has 0 spiro atoms. The Morgan fingerprint density at radius 2 is 1.90 bits per heavy atom. The fourth-order valence-corrected chi connectivity index (χ4v) is 3.05. The lowest BCUT2D eigenvalue weighted by molar-refractivity contribution is 0.216. The van der Waals surface area contributed by atoms with E-state index in [1.807, 2.05) is 0 Å². The molecule has 4 heteroatoms. The lowest BCUT2D eigenvalue weighted by Crippen LogP contribution is -2.39. The van der Waals surface area contributed by atoms with Gasteiger partial charge in [-0.25, -0.2) is 0 Å². The summed E-state index contributed by atoms with van der Waals surface area (Å²) in [6.45, 7) is 6.38. The van der Waals surface area contributed by atoms with Gasteiger partial charge in [0.15, 0.2) is 5.82 Å². The van der Waals surface area contributed by atoms with E-state index in [9.17, 15) is 0 Å². The minimum Gasteiger partial charge on any atom is -0.339 e. The summed E-state index contributed by atoms with van der Waals surface area (Å²) in [5.41, 5.74) is 2.57. The van der Waals surface area contributed by atoms with Gasteiger partial charge < -0.3 is 9.84 Å². The molecule has 1 aliphatic heterocycles. The third kappa shape index (κ3) is 3.00. The molecule has 0 saturated carbocycles. The van der Waals surface area contributed by atoms with E-state index in [0.29, 0.717) is 0 Å². The van der Waals surface area contributed by atoms with Crippen molar-refractivity contribution in [3.8, 4) is 0 Å². The number of nitrogens with one attached hydrogen (secondary N) is 1. The number of benzene rings is 1. The van der Waals surface area contributed by atoms with Crippen molar-refractivity contribution in [2.45, 2.75) is 44.9 Å². The molecule has 0 amide bonds. The molecule has 1 fully saturated rings. The van der Waals surface area contributed by atoms with Gasteiger partial charge in [-0.05, 0) is 44.8 Å². The smallest absolute Gasteiger partial charge is 0.232 e. The van der Waals surface area contributed by atoms with E-state index in [4.69, 9.17) is 4.52 Å². The van der Waals surface area contributed by atoms with Crippen LogP contribution in [0.1, 0.15) is 49.0 Å². The van der Waals surface area contributed by atoms with Gasteiger partial charge in [0.1, 0.15) is 0 Å². The van der Waals surface area contributed by atoms with Gasteiger partial charge in [-0.15, -0.1) is 0 Å². The standard InChI is InChI=1S/C17H23N3O/c1-3-17(8-10-18-11-9-17)16-19-15(20-21-16)12-14-6-4-13(2)5-7-14/h4-7,18H,3,8-12H2,1-2H3. The van der Waals surface area contributed by atoms with Gasteiger partial charge in [-0.3, -0.25) is 0 Å². The molecule has 3 rings (SSSR count). The summed E-state index contributed by atoms with van der Waals surface area (Å²) in [6, 6.07) is 8.50. The summed E-state index contributed by atoms with van der Waals surface area (Å²) in [7, 11) is 0. The van der Waals surface area contributed by atoms with Crippen molar-refractivity contribution >= 4 is 0 Å². The second kappa shape index (κ2) is 5.98. The fraction of sp³-hybridized carbons (Fsp3) is 0.529. The summed E-state index contributed by atoms with van der Waals surface area (Å²) in [6.07, 6.45) is 3.95. The Morgan fingerprint density at radius 3 is 2.57 bits per heavy atom. The molecule has 21 heavy (non-hydrogen) atoms. The second-order valence-electron chi connectivity index (χ2n) is 6.06. The van der Waals surface area contributed by atoms with Crippen LogP contribution in [0.2, 0.25) is 0 Å². The van der Waals surface area contributed by atoms with Crippen molar-refractivity contribution in [2.24, 2.45) is 0 Å². The molecular formula is C17H23N3O. The number of aromatic nitrogens is 2. The van der Waals surface area contributed by atoms with Crippen LogP contribution in [-0.4, -0.2) is 23.2 Å². The highest BCUT2D eigenvalue weighted by molar-refractivity contribution is 5.24. The Labute approximate surface area is 126 Å². The van der Waals surface area contributed by atoms with E-state index < -0.39 is 0 Å². The molecule has 0 atom stereocenters. The van der Waals surface area contributed by atoms with Crippen LogP contribution < -0.4 is 5.32 Å². The van der Waals surface area contributed by atoms with Gasteiger partial charge in [0.05, 0.1) is 5.41 Å². The van der Waals surface area contributed by atoms with Crippen LogP contribution >= 0.6 is 0 Å². The first-order valence-corrected chi connectivity index (χ1v) is 7.81. The van der Waals surface area contributed by atoms with Crippen LogP contribution in [-0.2, 0) is 11.8 Å². The Hall–Kier alpha value is -1.68. The van der Waals surface area contributed by atoms with Crippen molar-refractivity contribution in [1.29, 1.82) is 0 Å². The van der Waals surface area contributed by atoms with Gasteiger partial charge in [-0.2, -0.15) is 4.98 Å². The molecule has 0 radical (unpaired) electrons. The van der Waals surface area contributed by atoms with E-state index in [0.717, 1.165) is 50.5 Å². The largest absolute Gasteiger partial charge is 0.339 e. The highest BCUT2D eigenvalue weighted by Crippen LogP contribution is 2.35. The highest BCUT2D eigenvalue weighted by Gasteiger charge is 2.37. The van der Waals surface area contributed by atoms with Crippen molar-refractivity contribution in [3.05, 3.63) is 47.1 Å². The SMILES string of the molecule is CCC1(c2nc(Cc3ccc(C)cc3)no2)CCNCC1. The van der Waals surface area contributed by atoms with Crippen LogP contribution in [0.4, 0.5) is 0 Å². The zero-order valence-corrected chi connectivity index (χ0v) is 12.9. The predicted octanol–water partition coefficient (Wildman–Crippen LogP) is 3.00. The first-order valence-electron chi connectivity index (χ1n) is 7.81. The Morgan fingerprint density at radius 1 is 1.19 bits per heavy atom. The average Bonchev–Trinajstić information content (AvgIpc) is 2.99. The summed E-state index contributed by atoms with van der Waals surface area (Å²) >= 11 is 0. The van der Waals surface area contributed by atoms with Gasteiger partial charge in [0.2, 0.25) is 5.89 Å². The van der Waals surface area contributed by atoms with Crippen LogP contribution in [0.3, 0.4) is 0 Å². The van der Waals surface area contributed by atoms with Crippen molar-refractivity contribution < 1.29 is 4.52 Å². The lowest BCUT2D eigenvalue weighted by Gasteiger charge is -2.33. The van der Waals surface area contributed by atoms with Crippen molar-refractivity contribution in [3.63, 3.8) is 0 Å². The zero-order chi connectivity index (χ0) is 14.7. The van der Waals surface area contributed by atoms with Gasteiger partial charge in [0, 0.05) is 6.42 Å². The minimum absolute atomic E-state index is 0.0732. The maximum atomic E-state index is 5.61. The topological polar surface area (TPSA) is 51.0 Å². The van der Waals surface area contributed by atoms with Gasteiger partial charge >= 0.3 is 0 Å². The average molecular weight is 285 g/mol. The second-order valence-corrected chi connectivity index (χ2v) is 6.06. The number of hydrogen-bond donors (Lipinski definition) is 1. The normalized spacial score (nSPS) is 17.8. The third-order valence-electron chi connectivity index (χ3n) is 4.64. The van der Waals surface area contributed by atoms with Crippen molar-refractivity contribution in [1.82, 2.24) is 15.5 Å². The molecule has 112 valence electrons. The van der Waals surface area contributed by atoms with E-state index in [-0.39, 0.29) is 5.41 Å². The van der Waals surface area contributed by atoms with Crippen molar-refractivity contribution in [2.75, 3.05) is 13.1 Å². The van der Waals surface area contributed by atoms with E-state index in [1.54, 1.807) is 0 Å². The Balaban J connectivity index is 1.77. The zero-order valence-electron chi connectivity index (χ0n) is 12.9. The van der Waals surface area contributed by atoms with Crippen LogP contribution in [0.15, 0.2) is 28.8 Å². The molecule has 1 N–H and O–H groups in total. The predicted molar refractivity (Wildman–Crippen MR) is 82.4 cm³/mol. The summed E-state index contributed by atoms with van der Waals surface area (Å²) in [5.74, 6) is 1.62. The van der Waals surface area contributed by atoms with E-state index in [1.165, 1.54) is 11.1 Å². The molecule has 1 saturated heterocycles. The summed E-state index contributed by atoms with van der Waals surface area (Å²) in [4.78, 5) is 4.69. The monoisotopic (exact) mass is 285 g/mol. The maximum absolute atomic E-state index is 5.61.